The third kappa shape index (κ3) is 2.28. The van der Waals surface area contributed by atoms with Gasteiger partial charge in [-0.2, -0.15) is 0 Å². The average molecular weight is 218 g/mol. The van der Waals surface area contributed by atoms with Gasteiger partial charge < -0.3 is 10.2 Å². The van der Waals surface area contributed by atoms with Gasteiger partial charge >= 0.3 is 0 Å². The summed E-state index contributed by atoms with van der Waals surface area (Å²) in [4.78, 5) is 0. The molecule has 3 rings (SSSR count). The molecule has 0 unspecified atom stereocenters. The second-order valence-corrected chi connectivity index (χ2v) is 5.62. The molecule has 0 heterocycles. The second-order valence-electron chi connectivity index (χ2n) is 5.62. The molecule has 2 fully saturated rings. The molecule has 86 valence electrons. The maximum Gasteiger partial charge on any atom is 0.0690 e. The molecule has 1 aromatic carbocycles. The Balaban J connectivity index is 1.65. The first kappa shape index (κ1) is 10.3. The van der Waals surface area contributed by atoms with Crippen molar-refractivity contribution >= 4 is 0 Å². The van der Waals surface area contributed by atoms with Gasteiger partial charge in [-0.05, 0) is 36.8 Å². The summed E-state index contributed by atoms with van der Waals surface area (Å²) in [6.07, 6.45) is 5.31. The lowest BCUT2D eigenvalue weighted by Gasteiger charge is -2.10. The van der Waals surface area contributed by atoms with Gasteiger partial charge in [0.1, 0.15) is 0 Å². The molecule has 0 aliphatic heterocycles. The minimum Gasteiger partial charge on any atom is -0.390 e. The summed E-state index contributed by atoms with van der Waals surface area (Å²) >= 11 is 0. The van der Waals surface area contributed by atoms with Gasteiger partial charge in [0.05, 0.1) is 11.2 Å². The summed E-state index contributed by atoms with van der Waals surface area (Å²) < 4.78 is 0. The highest BCUT2D eigenvalue weighted by Crippen LogP contribution is 2.39. The van der Waals surface area contributed by atoms with Crippen molar-refractivity contribution in [3.8, 4) is 0 Å². The largest absolute Gasteiger partial charge is 0.390 e. The third-order valence-electron chi connectivity index (χ3n) is 3.74. The molecule has 0 aromatic heterocycles. The SMILES string of the molecule is OC1(Cc2ccc(CC3(O)CC3)cc2)CC1. The molecule has 0 atom stereocenters. The van der Waals surface area contributed by atoms with Crippen LogP contribution in [0.3, 0.4) is 0 Å². The van der Waals surface area contributed by atoms with Crippen LogP contribution in [0.15, 0.2) is 24.3 Å². The van der Waals surface area contributed by atoms with Gasteiger partial charge in [0.15, 0.2) is 0 Å². The van der Waals surface area contributed by atoms with E-state index in [1.54, 1.807) is 0 Å². The summed E-state index contributed by atoms with van der Waals surface area (Å²) in [6, 6.07) is 8.32. The van der Waals surface area contributed by atoms with Crippen LogP contribution in [0.5, 0.6) is 0 Å². The Labute approximate surface area is 95.9 Å². The standard InChI is InChI=1S/C14H18O2/c15-13(5-6-13)9-11-1-2-12(4-3-11)10-14(16)7-8-14/h1-4,15-16H,5-10H2. The number of benzene rings is 1. The van der Waals surface area contributed by atoms with Crippen molar-refractivity contribution < 1.29 is 10.2 Å². The molecular weight excluding hydrogens is 200 g/mol. The molecule has 2 aliphatic carbocycles. The lowest BCUT2D eigenvalue weighted by Crippen LogP contribution is -2.12. The van der Waals surface area contributed by atoms with Crippen LogP contribution in [0.1, 0.15) is 36.8 Å². The first-order valence-corrected chi connectivity index (χ1v) is 6.10. The van der Waals surface area contributed by atoms with Gasteiger partial charge in [-0.25, -0.2) is 0 Å². The first-order chi connectivity index (χ1) is 7.57. The Hall–Kier alpha value is -0.860. The third-order valence-corrected chi connectivity index (χ3v) is 3.74. The van der Waals surface area contributed by atoms with Crippen LogP contribution in [0.25, 0.3) is 0 Å². The minimum atomic E-state index is -0.407. The molecule has 1 aromatic rings. The molecule has 0 bridgehead atoms. The molecule has 2 nitrogen and oxygen atoms in total. The molecule has 0 radical (unpaired) electrons. The molecule has 0 spiro atoms. The number of rotatable bonds is 4. The van der Waals surface area contributed by atoms with Crippen LogP contribution < -0.4 is 0 Å². The second kappa shape index (κ2) is 3.31. The van der Waals surface area contributed by atoms with Crippen molar-refractivity contribution in [3.05, 3.63) is 35.4 Å². The van der Waals surface area contributed by atoms with E-state index in [-0.39, 0.29) is 0 Å². The van der Waals surface area contributed by atoms with E-state index in [0.717, 1.165) is 38.5 Å². The van der Waals surface area contributed by atoms with Gasteiger partial charge in [-0.3, -0.25) is 0 Å². The Morgan fingerprint density at radius 3 is 1.31 bits per heavy atom. The molecular formula is C14H18O2. The van der Waals surface area contributed by atoms with Gasteiger partial charge in [-0.1, -0.05) is 24.3 Å². The van der Waals surface area contributed by atoms with Gasteiger partial charge in [0.25, 0.3) is 0 Å². The van der Waals surface area contributed by atoms with Crippen molar-refractivity contribution in [2.75, 3.05) is 0 Å². The lowest BCUT2D eigenvalue weighted by atomic mass is 10.0. The van der Waals surface area contributed by atoms with E-state index in [0.29, 0.717) is 0 Å². The van der Waals surface area contributed by atoms with E-state index in [1.165, 1.54) is 11.1 Å². The van der Waals surface area contributed by atoms with Gasteiger partial charge in [0.2, 0.25) is 0 Å². The molecule has 2 N–H and O–H groups in total. The Morgan fingerprint density at radius 1 is 0.750 bits per heavy atom. The van der Waals surface area contributed by atoms with Crippen LogP contribution >= 0.6 is 0 Å². The van der Waals surface area contributed by atoms with Crippen LogP contribution in [0, 0.1) is 0 Å². The predicted octanol–water partition coefficient (Wildman–Crippen LogP) is 1.82. The molecule has 0 amide bonds. The van der Waals surface area contributed by atoms with E-state index in [4.69, 9.17) is 0 Å². The zero-order valence-corrected chi connectivity index (χ0v) is 9.45. The normalized spacial score (nSPS) is 24.1. The maximum atomic E-state index is 9.81. The summed E-state index contributed by atoms with van der Waals surface area (Å²) in [5.41, 5.74) is 1.59. The predicted molar refractivity (Wildman–Crippen MR) is 62.2 cm³/mol. The van der Waals surface area contributed by atoms with E-state index < -0.39 is 11.2 Å². The van der Waals surface area contributed by atoms with Crippen molar-refractivity contribution in [1.29, 1.82) is 0 Å². The minimum absolute atomic E-state index is 0.407. The number of aliphatic hydroxyl groups is 2. The zero-order chi connectivity index (χ0) is 11.2. The monoisotopic (exact) mass is 218 g/mol. The highest BCUT2D eigenvalue weighted by molar-refractivity contribution is 5.27. The van der Waals surface area contributed by atoms with Gasteiger partial charge in [-0.15, -0.1) is 0 Å². The quantitative estimate of drug-likeness (QED) is 0.809. The zero-order valence-electron chi connectivity index (χ0n) is 9.45. The van der Waals surface area contributed by atoms with E-state index in [1.807, 2.05) is 0 Å². The van der Waals surface area contributed by atoms with Crippen molar-refractivity contribution in [2.24, 2.45) is 0 Å². The molecule has 0 saturated heterocycles. The molecule has 2 heteroatoms. The van der Waals surface area contributed by atoms with Crippen LogP contribution in [0.2, 0.25) is 0 Å². The fourth-order valence-corrected chi connectivity index (χ4v) is 2.18. The van der Waals surface area contributed by atoms with Crippen LogP contribution in [-0.4, -0.2) is 21.4 Å². The van der Waals surface area contributed by atoms with Crippen LogP contribution in [0.4, 0.5) is 0 Å². The van der Waals surface area contributed by atoms with E-state index in [9.17, 15) is 10.2 Å². The first-order valence-electron chi connectivity index (χ1n) is 6.10. The maximum absolute atomic E-state index is 9.81. The smallest absolute Gasteiger partial charge is 0.0690 e. The van der Waals surface area contributed by atoms with Gasteiger partial charge in [0, 0.05) is 12.8 Å². The van der Waals surface area contributed by atoms with Crippen LogP contribution in [-0.2, 0) is 12.8 Å². The Morgan fingerprint density at radius 2 is 1.06 bits per heavy atom. The summed E-state index contributed by atoms with van der Waals surface area (Å²) in [7, 11) is 0. The number of hydrogen-bond acceptors (Lipinski definition) is 2. The van der Waals surface area contributed by atoms with Crippen molar-refractivity contribution in [1.82, 2.24) is 0 Å². The molecule has 2 aliphatic rings. The highest BCUT2D eigenvalue weighted by Gasteiger charge is 2.41. The van der Waals surface area contributed by atoms with Crippen molar-refractivity contribution in [2.45, 2.75) is 49.7 Å². The summed E-state index contributed by atoms with van der Waals surface area (Å²) in [5, 5.41) is 19.6. The fourth-order valence-electron chi connectivity index (χ4n) is 2.18. The van der Waals surface area contributed by atoms with E-state index in [2.05, 4.69) is 24.3 Å². The summed E-state index contributed by atoms with van der Waals surface area (Å²) in [6.45, 7) is 0. The fraction of sp³-hybridized carbons (Fsp3) is 0.571. The topological polar surface area (TPSA) is 40.5 Å². The van der Waals surface area contributed by atoms with Crippen molar-refractivity contribution in [3.63, 3.8) is 0 Å². The Bertz CT molecular complexity index is 347. The average Bonchev–Trinajstić information content (AvgIpc) is 3.13. The molecule has 2 saturated carbocycles. The molecule has 16 heavy (non-hydrogen) atoms. The highest BCUT2D eigenvalue weighted by atomic mass is 16.3. The summed E-state index contributed by atoms with van der Waals surface area (Å²) in [5.74, 6) is 0. The lowest BCUT2D eigenvalue weighted by molar-refractivity contribution is 0.149. The number of hydrogen-bond donors (Lipinski definition) is 2. The van der Waals surface area contributed by atoms with E-state index >= 15 is 0 Å². The Kier molecular flexibility index (Phi) is 2.13.